The maximum atomic E-state index is 12.5. The molecule has 0 unspecified atom stereocenters. The van der Waals surface area contributed by atoms with Gasteiger partial charge in [-0.3, -0.25) is 4.79 Å². The molecule has 0 atom stereocenters. The molecule has 3 heteroatoms. The number of para-hydroxylation sites is 1. The molecule has 0 fully saturated rings. The van der Waals surface area contributed by atoms with Crippen LogP contribution in [0.25, 0.3) is 0 Å². The molecular formula is C16H20N2O. The Morgan fingerprint density at radius 2 is 1.89 bits per heavy atom. The lowest BCUT2D eigenvalue weighted by atomic mass is 10.1. The molecule has 19 heavy (non-hydrogen) atoms. The van der Waals surface area contributed by atoms with Crippen molar-refractivity contribution in [3.8, 4) is 0 Å². The zero-order chi connectivity index (χ0) is 13.2. The Hall–Kier alpha value is -1.77. The number of anilines is 1. The second-order valence-corrected chi connectivity index (χ2v) is 5.45. The van der Waals surface area contributed by atoms with Crippen LogP contribution in [0.15, 0.2) is 36.4 Å². The molecule has 0 bridgehead atoms. The van der Waals surface area contributed by atoms with Gasteiger partial charge in [-0.05, 0) is 24.5 Å². The summed E-state index contributed by atoms with van der Waals surface area (Å²) in [6.07, 6.45) is 6.07. The average Bonchev–Trinajstić information content (AvgIpc) is 2.91. The predicted octanol–water partition coefficient (Wildman–Crippen LogP) is 2.43. The lowest BCUT2D eigenvalue weighted by Crippen LogP contribution is -2.37. The van der Waals surface area contributed by atoms with E-state index >= 15 is 0 Å². The van der Waals surface area contributed by atoms with Crippen molar-refractivity contribution >= 4 is 11.6 Å². The molecule has 0 saturated carbocycles. The van der Waals surface area contributed by atoms with E-state index in [1.165, 1.54) is 11.3 Å². The summed E-state index contributed by atoms with van der Waals surface area (Å²) in [5.41, 5.74) is 2.50. The van der Waals surface area contributed by atoms with Crippen molar-refractivity contribution in [2.24, 2.45) is 5.92 Å². The molecule has 1 aliphatic heterocycles. The SMILES string of the molecule is CN1CCN(C(=O)C2CC=CC2)Cc2ccccc21. The van der Waals surface area contributed by atoms with Crippen molar-refractivity contribution in [3.63, 3.8) is 0 Å². The number of allylic oxidation sites excluding steroid dienone is 2. The van der Waals surface area contributed by atoms with Gasteiger partial charge in [0.15, 0.2) is 0 Å². The first-order chi connectivity index (χ1) is 9.25. The largest absolute Gasteiger partial charge is 0.373 e. The third-order valence-electron chi connectivity index (χ3n) is 4.14. The Morgan fingerprint density at radius 1 is 1.16 bits per heavy atom. The Kier molecular flexibility index (Phi) is 3.28. The van der Waals surface area contributed by atoms with Crippen LogP contribution < -0.4 is 4.90 Å². The summed E-state index contributed by atoms with van der Waals surface area (Å²) in [6.45, 7) is 2.47. The smallest absolute Gasteiger partial charge is 0.226 e. The average molecular weight is 256 g/mol. The Labute approximate surface area is 114 Å². The highest BCUT2D eigenvalue weighted by Crippen LogP contribution is 2.26. The van der Waals surface area contributed by atoms with Gasteiger partial charge in [-0.1, -0.05) is 30.4 Å². The normalized spacial score (nSPS) is 19.4. The summed E-state index contributed by atoms with van der Waals surface area (Å²) in [6, 6.07) is 8.39. The fourth-order valence-corrected chi connectivity index (χ4v) is 2.96. The van der Waals surface area contributed by atoms with Gasteiger partial charge in [-0.25, -0.2) is 0 Å². The van der Waals surface area contributed by atoms with Crippen LogP contribution in [-0.2, 0) is 11.3 Å². The second-order valence-electron chi connectivity index (χ2n) is 5.45. The molecule has 0 N–H and O–H groups in total. The monoisotopic (exact) mass is 256 g/mol. The number of hydrogen-bond acceptors (Lipinski definition) is 2. The number of likely N-dealkylation sites (N-methyl/N-ethyl adjacent to an activating group) is 1. The van der Waals surface area contributed by atoms with Crippen molar-refractivity contribution in [2.45, 2.75) is 19.4 Å². The van der Waals surface area contributed by atoms with E-state index < -0.39 is 0 Å². The number of carbonyl (C=O) groups is 1. The first kappa shape index (κ1) is 12.3. The van der Waals surface area contributed by atoms with Crippen molar-refractivity contribution in [1.82, 2.24) is 4.90 Å². The molecule has 100 valence electrons. The summed E-state index contributed by atoms with van der Waals surface area (Å²) in [5.74, 6) is 0.491. The molecule has 0 radical (unpaired) electrons. The minimum Gasteiger partial charge on any atom is -0.373 e. The third-order valence-corrected chi connectivity index (χ3v) is 4.14. The fourth-order valence-electron chi connectivity index (χ4n) is 2.96. The number of carbonyl (C=O) groups excluding carboxylic acids is 1. The summed E-state index contributed by atoms with van der Waals surface area (Å²) < 4.78 is 0. The van der Waals surface area contributed by atoms with E-state index in [0.29, 0.717) is 5.91 Å². The van der Waals surface area contributed by atoms with Crippen LogP contribution in [0.4, 0.5) is 5.69 Å². The molecule has 1 aromatic rings. The number of fused-ring (bicyclic) bond motifs is 1. The topological polar surface area (TPSA) is 23.6 Å². The van der Waals surface area contributed by atoms with Crippen LogP contribution in [0.3, 0.4) is 0 Å². The van der Waals surface area contributed by atoms with E-state index in [2.05, 4.69) is 48.4 Å². The van der Waals surface area contributed by atoms with Gasteiger partial charge in [-0.15, -0.1) is 0 Å². The number of rotatable bonds is 1. The number of hydrogen-bond donors (Lipinski definition) is 0. The molecule has 0 saturated heterocycles. The van der Waals surface area contributed by atoms with Crippen LogP contribution in [0.2, 0.25) is 0 Å². The van der Waals surface area contributed by atoms with Crippen LogP contribution in [0.5, 0.6) is 0 Å². The van der Waals surface area contributed by atoms with Gasteiger partial charge in [0.25, 0.3) is 0 Å². The summed E-state index contributed by atoms with van der Waals surface area (Å²) in [4.78, 5) is 16.8. The first-order valence-electron chi connectivity index (χ1n) is 6.98. The molecule has 0 aromatic heterocycles. The van der Waals surface area contributed by atoms with Crippen molar-refractivity contribution in [1.29, 1.82) is 0 Å². The molecule has 3 nitrogen and oxygen atoms in total. The van der Waals surface area contributed by atoms with Gasteiger partial charge in [-0.2, -0.15) is 0 Å². The summed E-state index contributed by atoms with van der Waals surface area (Å²) in [5, 5.41) is 0. The van der Waals surface area contributed by atoms with Gasteiger partial charge in [0.2, 0.25) is 5.91 Å². The van der Waals surface area contributed by atoms with Crippen LogP contribution in [0.1, 0.15) is 18.4 Å². The van der Waals surface area contributed by atoms with E-state index in [-0.39, 0.29) is 5.92 Å². The van der Waals surface area contributed by atoms with Crippen molar-refractivity contribution < 1.29 is 4.79 Å². The Bertz CT molecular complexity index is 501. The quantitative estimate of drug-likeness (QED) is 0.720. The highest BCUT2D eigenvalue weighted by molar-refractivity contribution is 5.80. The molecule has 0 spiro atoms. The number of amides is 1. The van der Waals surface area contributed by atoms with E-state index in [0.717, 1.165) is 32.5 Å². The zero-order valence-corrected chi connectivity index (χ0v) is 11.4. The maximum absolute atomic E-state index is 12.5. The lowest BCUT2D eigenvalue weighted by Gasteiger charge is -2.24. The van der Waals surface area contributed by atoms with Crippen LogP contribution in [-0.4, -0.2) is 30.9 Å². The Balaban J connectivity index is 1.80. The minimum absolute atomic E-state index is 0.176. The van der Waals surface area contributed by atoms with Crippen molar-refractivity contribution in [2.75, 3.05) is 25.0 Å². The van der Waals surface area contributed by atoms with Gasteiger partial charge in [0.05, 0.1) is 0 Å². The standard InChI is InChI=1S/C16H20N2O/c1-17-10-11-18(16(19)13-6-2-3-7-13)12-14-8-4-5-9-15(14)17/h2-5,8-9,13H,6-7,10-12H2,1H3. The maximum Gasteiger partial charge on any atom is 0.226 e. The third kappa shape index (κ3) is 2.37. The van der Waals surface area contributed by atoms with Gasteiger partial charge < -0.3 is 9.80 Å². The molecule has 1 heterocycles. The molecule has 3 rings (SSSR count). The fraction of sp³-hybridized carbons (Fsp3) is 0.438. The lowest BCUT2D eigenvalue weighted by molar-refractivity contribution is -0.135. The zero-order valence-electron chi connectivity index (χ0n) is 11.4. The van der Waals surface area contributed by atoms with E-state index in [1.54, 1.807) is 0 Å². The minimum atomic E-state index is 0.176. The van der Waals surface area contributed by atoms with Crippen LogP contribution >= 0.6 is 0 Å². The number of nitrogens with zero attached hydrogens (tertiary/aromatic N) is 2. The van der Waals surface area contributed by atoms with Crippen LogP contribution in [0, 0.1) is 5.92 Å². The van der Waals surface area contributed by atoms with E-state index in [1.807, 2.05) is 4.90 Å². The first-order valence-corrected chi connectivity index (χ1v) is 6.98. The van der Waals surface area contributed by atoms with Gasteiger partial charge in [0.1, 0.15) is 0 Å². The second kappa shape index (κ2) is 5.08. The molecule has 1 aliphatic carbocycles. The van der Waals surface area contributed by atoms with Gasteiger partial charge in [0, 0.05) is 38.3 Å². The predicted molar refractivity (Wildman–Crippen MR) is 77.0 cm³/mol. The molecular weight excluding hydrogens is 236 g/mol. The molecule has 2 aliphatic rings. The Morgan fingerprint density at radius 3 is 2.68 bits per heavy atom. The van der Waals surface area contributed by atoms with E-state index in [9.17, 15) is 4.79 Å². The highest BCUT2D eigenvalue weighted by atomic mass is 16.2. The number of benzene rings is 1. The van der Waals surface area contributed by atoms with E-state index in [4.69, 9.17) is 0 Å². The summed E-state index contributed by atoms with van der Waals surface area (Å²) >= 11 is 0. The van der Waals surface area contributed by atoms with Gasteiger partial charge >= 0.3 is 0 Å². The highest BCUT2D eigenvalue weighted by Gasteiger charge is 2.27. The molecule has 1 aromatic carbocycles. The van der Waals surface area contributed by atoms with Crippen molar-refractivity contribution in [3.05, 3.63) is 42.0 Å². The molecule has 1 amide bonds. The summed E-state index contributed by atoms with van der Waals surface area (Å²) in [7, 11) is 2.10.